The first-order valence-corrected chi connectivity index (χ1v) is 6.06. The van der Waals surface area contributed by atoms with Crippen LogP contribution in [0.5, 0.6) is 0 Å². The highest BCUT2D eigenvalue weighted by Crippen LogP contribution is 2.16. The van der Waals surface area contributed by atoms with E-state index in [4.69, 9.17) is 0 Å². The Kier molecular flexibility index (Phi) is 4.58. The lowest BCUT2D eigenvalue weighted by Crippen LogP contribution is -2.53. The van der Waals surface area contributed by atoms with Crippen LogP contribution in [0.2, 0.25) is 0 Å². The second-order valence-corrected chi connectivity index (χ2v) is 5.09. The van der Waals surface area contributed by atoms with E-state index in [1.165, 1.54) is 6.42 Å². The van der Waals surface area contributed by atoms with E-state index in [9.17, 15) is 4.79 Å². The smallest absolute Gasteiger partial charge is 0.237 e. The van der Waals surface area contributed by atoms with Gasteiger partial charge in [0.25, 0.3) is 0 Å². The maximum atomic E-state index is 11.9. The SMILES string of the molecule is CC(C)C(C)NC(=O)C1NCCCC1C. The van der Waals surface area contributed by atoms with Crippen LogP contribution in [0.4, 0.5) is 0 Å². The van der Waals surface area contributed by atoms with Crippen LogP contribution in [-0.4, -0.2) is 24.5 Å². The fraction of sp³-hybridized carbons (Fsp3) is 0.917. The predicted octanol–water partition coefficient (Wildman–Crippen LogP) is 1.54. The molecular weight excluding hydrogens is 188 g/mol. The number of hydrogen-bond acceptors (Lipinski definition) is 2. The Balaban J connectivity index is 2.45. The maximum absolute atomic E-state index is 11.9. The van der Waals surface area contributed by atoms with Crippen LogP contribution in [0.15, 0.2) is 0 Å². The number of amides is 1. The summed E-state index contributed by atoms with van der Waals surface area (Å²) in [6.07, 6.45) is 2.34. The third-order valence-electron chi connectivity index (χ3n) is 3.42. The van der Waals surface area contributed by atoms with Gasteiger partial charge in [-0.15, -0.1) is 0 Å². The molecule has 3 nitrogen and oxygen atoms in total. The van der Waals surface area contributed by atoms with Gasteiger partial charge in [0.1, 0.15) is 0 Å². The van der Waals surface area contributed by atoms with E-state index in [-0.39, 0.29) is 18.0 Å². The highest BCUT2D eigenvalue weighted by molar-refractivity contribution is 5.82. The summed E-state index contributed by atoms with van der Waals surface area (Å²) in [6, 6.07) is 0.272. The van der Waals surface area contributed by atoms with Gasteiger partial charge < -0.3 is 10.6 Å². The van der Waals surface area contributed by atoms with E-state index in [0.29, 0.717) is 11.8 Å². The molecule has 1 saturated heterocycles. The average molecular weight is 212 g/mol. The Morgan fingerprint density at radius 2 is 2.07 bits per heavy atom. The molecule has 0 aromatic rings. The second kappa shape index (κ2) is 5.50. The van der Waals surface area contributed by atoms with Crippen LogP contribution in [0, 0.1) is 11.8 Å². The van der Waals surface area contributed by atoms with Gasteiger partial charge in [0.15, 0.2) is 0 Å². The Bertz CT molecular complexity index is 216. The van der Waals surface area contributed by atoms with Crippen LogP contribution in [-0.2, 0) is 4.79 Å². The van der Waals surface area contributed by atoms with Gasteiger partial charge >= 0.3 is 0 Å². The van der Waals surface area contributed by atoms with Gasteiger partial charge in [-0.25, -0.2) is 0 Å². The van der Waals surface area contributed by atoms with E-state index in [1.54, 1.807) is 0 Å². The topological polar surface area (TPSA) is 41.1 Å². The first kappa shape index (κ1) is 12.5. The number of hydrogen-bond donors (Lipinski definition) is 2. The van der Waals surface area contributed by atoms with Gasteiger partial charge in [0, 0.05) is 6.04 Å². The van der Waals surface area contributed by atoms with Crippen molar-refractivity contribution in [2.75, 3.05) is 6.54 Å². The summed E-state index contributed by atoms with van der Waals surface area (Å²) >= 11 is 0. The monoisotopic (exact) mass is 212 g/mol. The molecule has 1 rings (SSSR count). The molecule has 3 unspecified atom stereocenters. The lowest BCUT2D eigenvalue weighted by Gasteiger charge is -2.30. The van der Waals surface area contributed by atoms with Gasteiger partial charge in [0.05, 0.1) is 6.04 Å². The number of carbonyl (C=O) groups is 1. The van der Waals surface area contributed by atoms with E-state index in [1.807, 2.05) is 0 Å². The van der Waals surface area contributed by atoms with Crippen LogP contribution in [0.3, 0.4) is 0 Å². The third kappa shape index (κ3) is 3.49. The summed E-state index contributed by atoms with van der Waals surface area (Å²) in [5.74, 6) is 1.12. The zero-order valence-corrected chi connectivity index (χ0v) is 10.3. The van der Waals surface area contributed by atoms with Crippen molar-refractivity contribution in [3.63, 3.8) is 0 Å². The van der Waals surface area contributed by atoms with Gasteiger partial charge in [0.2, 0.25) is 5.91 Å². The molecule has 0 aliphatic carbocycles. The number of nitrogens with one attached hydrogen (secondary N) is 2. The van der Waals surface area contributed by atoms with E-state index in [2.05, 4.69) is 38.3 Å². The maximum Gasteiger partial charge on any atom is 0.237 e. The Morgan fingerprint density at radius 3 is 2.60 bits per heavy atom. The Labute approximate surface area is 93.0 Å². The number of rotatable bonds is 3. The van der Waals surface area contributed by atoms with Crippen molar-refractivity contribution in [1.82, 2.24) is 10.6 Å². The van der Waals surface area contributed by atoms with Crippen molar-refractivity contribution in [3.05, 3.63) is 0 Å². The lowest BCUT2D eigenvalue weighted by atomic mass is 9.91. The predicted molar refractivity (Wildman–Crippen MR) is 62.6 cm³/mol. The van der Waals surface area contributed by atoms with Crippen LogP contribution in [0.1, 0.15) is 40.5 Å². The fourth-order valence-electron chi connectivity index (χ4n) is 1.88. The fourth-order valence-corrected chi connectivity index (χ4v) is 1.88. The van der Waals surface area contributed by atoms with Gasteiger partial charge in [-0.05, 0) is 38.1 Å². The van der Waals surface area contributed by atoms with Gasteiger partial charge in [-0.1, -0.05) is 20.8 Å². The first-order valence-electron chi connectivity index (χ1n) is 6.06. The van der Waals surface area contributed by atoms with E-state index < -0.39 is 0 Å². The molecule has 2 N–H and O–H groups in total. The molecule has 0 radical (unpaired) electrons. The van der Waals surface area contributed by atoms with Crippen LogP contribution in [0.25, 0.3) is 0 Å². The summed E-state index contributed by atoms with van der Waals surface area (Å²) in [4.78, 5) is 11.9. The molecule has 1 aliphatic rings. The molecule has 3 atom stereocenters. The summed E-state index contributed by atoms with van der Waals surface area (Å²) in [7, 11) is 0. The van der Waals surface area contributed by atoms with Crippen molar-refractivity contribution >= 4 is 5.91 Å². The first-order chi connectivity index (χ1) is 7.02. The highest BCUT2D eigenvalue weighted by Gasteiger charge is 2.28. The molecule has 88 valence electrons. The molecule has 0 saturated carbocycles. The molecule has 0 bridgehead atoms. The van der Waals surface area contributed by atoms with Crippen LogP contribution < -0.4 is 10.6 Å². The van der Waals surface area contributed by atoms with E-state index in [0.717, 1.165) is 13.0 Å². The molecule has 3 heteroatoms. The highest BCUT2D eigenvalue weighted by atomic mass is 16.2. The van der Waals surface area contributed by atoms with Crippen molar-refractivity contribution in [2.45, 2.75) is 52.6 Å². The second-order valence-electron chi connectivity index (χ2n) is 5.09. The minimum atomic E-state index is 0.0138. The normalized spacial score (nSPS) is 28.9. The molecular formula is C12H24N2O. The van der Waals surface area contributed by atoms with Crippen LogP contribution >= 0.6 is 0 Å². The summed E-state index contributed by atoms with van der Waals surface area (Å²) in [5, 5.41) is 6.38. The van der Waals surface area contributed by atoms with Crippen molar-refractivity contribution in [3.8, 4) is 0 Å². The van der Waals surface area contributed by atoms with Crippen molar-refractivity contribution in [2.24, 2.45) is 11.8 Å². The molecule has 1 aliphatic heterocycles. The lowest BCUT2D eigenvalue weighted by molar-refractivity contribution is -0.125. The minimum absolute atomic E-state index is 0.0138. The molecule has 0 aromatic carbocycles. The molecule has 15 heavy (non-hydrogen) atoms. The minimum Gasteiger partial charge on any atom is -0.352 e. The zero-order chi connectivity index (χ0) is 11.4. The van der Waals surface area contributed by atoms with Gasteiger partial charge in [-0.3, -0.25) is 4.79 Å². The third-order valence-corrected chi connectivity index (χ3v) is 3.42. The quantitative estimate of drug-likeness (QED) is 0.745. The Hall–Kier alpha value is -0.570. The van der Waals surface area contributed by atoms with Crippen molar-refractivity contribution < 1.29 is 4.79 Å². The Morgan fingerprint density at radius 1 is 1.40 bits per heavy atom. The number of carbonyl (C=O) groups excluding carboxylic acids is 1. The average Bonchev–Trinajstić information content (AvgIpc) is 2.18. The number of piperidine rings is 1. The summed E-state index contributed by atoms with van der Waals surface area (Å²) in [5.41, 5.74) is 0. The van der Waals surface area contributed by atoms with Crippen molar-refractivity contribution in [1.29, 1.82) is 0 Å². The summed E-state index contributed by atoms with van der Waals surface area (Å²) in [6.45, 7) is 9.44. The largest absolute Gasteiger partial charge is 0.352 e. The molecule has 1 fully saturated rings. The standard InChI is InChI=1S/C12H24N2O/c1-8(2)10(4)14-12(15)11-9(3)6-5-7-13-11/h8-11,13H,5-7H2,1-4H3,(H,14,15). The summed E-state index contributed by atoms with van der Waals surface area (Å²) < 4.78 is 0. The zero-order valence-electron chi connectivity index (χ0n) is 10.3. The molecule has 1 amide bonds. The van der Waals surface area contributed by atoms with Gasteiger partial charge in [-0.2, -0.15) is 0 Å². The molecule has 0 aromatic heterocycles. The van der Waals surface area contributed by atoms with E-state index >= 15 is 0 Å². The molecule has 1 heterocycles. The molecule has 0 spiro atoms.